The lowest BCUT2D eigenvalue weighted by Crippen LogP contribution is -2.32. The lowest BCUT2D eigenvalue weighted by Gasteiger charge is -2.25. The van der Waals surface area contributed by atoms with Crippen LogP contribution in [0.4, 0.5) is 0 Å². The Morgan fingerprint density at radius 2 is 1.36 bits per heavy atom. The quantitative estimate of drug-likeness (QED) is 0.362. The summed E-state index contributed by atoms with van der Waals surface area (Å²) in [5.74, 6) is 2.01. The monoisotopic (exact) mass is 252 g/mol. The first kappa shape index (κ1) is 14.9. The second-order valence-corrected chi connectivity index (χ2v) is 9.22. The molecule has 0 aromatic carbocycles. The molecule has 0 atom stereocenters. The maximum atomic E-state index is 5.72. The molecule has 0 heterocycles. The number of unbranched alkanes of at least 4 members (excludes halogenated alkanes) is 2. The van der Waals surface area contributed by atoms with Gasteiger partial charge in [-0.25, -0.2) is 0 Å². The minimum Gasteiger partial charge on any atom is -0.420 e. The van der Waals surface area contributed by atoms with Crippen LogP contribution in [0.3, 0.4) is 0 Å². The molecule has 0 bridgehead atoms. The third-order valence-electron chi connectivity index (χ3n) is 2.72. The molecule has 0 spiro atoms. The largest absolute Gasteiger partial charge is 0.420 e. The van der Waals surface area contributed by atoms with Crippen LogP contribution < -0.4 is 0 Å². The van der Waals surface area contributed by atoms with Gasteiger partial charge < -0.3 is 4.43 Å². The van der Waals surface area contributed by atoms with Crippen molar-refractivity contribution in [2.75, 3.05) is 18.6 Å². The molecular weight excluding hydrogens is 228 g/mol. The predicted molar refractivity (Wildman–Crippen MR) is 74.4 cm³/mol. The van der Waals surface area contributed by atoms with Gasteiger partial charge in [0.25, 0.3) is 0 Å². The molecule has 4 heteroatoms. The van der Waals surface area contributed by atoms with Crippen molar-refractivity contribution in [2.24, 2.45) is 0 Å². The van der Waals surface area contributed by atoms with Gasteiger partial charge in [0.05, 0.1) is 0 Å². The van der Waals surface area contributed by atoms with E-state index in [1.165, 1.54) is 37.8 Å². The van der Waals surface area contributed by atoms with Gasteiger partial charge in [0.1, 0.15) is 0 Å². The summed E-state index contributed by atoms with van der Waals surface area (Å²) in [7, 11) is 0.517. The summed E-state index contributed by atoms with van der Waals surface area (Å²) in [5.41, 5.74) is 0. The van der Waals surface area contributed by atoms with Gasteiger partial charge in [-0.05, 0) is 43.0 Å². The van der Waals surface area contributed by atoms with Crippen molar-refractivity contribution < 1.29 is 4.43 Å². The zero-order valence-electron chi connectivity index (χ0n) is 9.46. The Balaban J connectivity index is 3.67. The molecule has 0 saturated carbocycles. The predicted octanol–water partition coefficient (Wildman–Crippen LogP) is 3.63. The molecule has 0 unspecified atom stereocenters. The van der Waals surface area contributed by atoms with Crippen molar-refractivity contribution in [3.8, 4) is 0 Å². The Morgan fingerprint density at radius 3 is 1.64 bits per heavy atom. The molecule has 1 nitrogen and oxygen atoms in total. The SMILES string of the molecule is CO[Si](C)(CCCCS)CCCCS. The molecular formula is C10H24OS2Si. The van der Waals surface area contributed by atoms with Crippen molar-refractivity contribution in [2.45, 2.75) is 44.3 Å². The first-order chi connectivity index (χ1) is 6.68. The first-order valence-corrected chi connectivity index (χ1v) is 9.54. The minimum absolute atomic E-state index is 1.00. The fraction of sp³-hybridized carbons (Fsp3) is 1.00. The highest BCUT2D eigenvalue weighted by Gasteiger charge is 2.25. The highest BCUT2D eigenvalue weighted by molar-refractivity contribution is 7.80. The fourth-order valence-corrected chi connectivity index (χ4v) is 4.65. The second kappa shape index (κ2) is 9.13. The van der Waals surface area contributed by atoms with Crippen LogP contribution in [0, 0.1) is 0 Å². The van der Waals surface area contributed by atoms with Crippen LogP contribution in [-0.2, 0) is 4.43 Å². The number of rotatable bonds is 9. The van der Waals surface area contributed by atoms with E-state index in [4.69, 9.17) is 4.43 Å². The van der Waals surface area contributed by atoms with Gasteiger partial charge in [0.15, 0.2) is 8.32 Å². The molecule has 0 aliphatic carbocycles. The van der Waals surface area contributed by atoms with Gasteiger partial charge in [0.2, 0.25) is 0 Å². The van der Waals surface area contributed by atoms with Gasteiger partial charge in [0, 0.05) is 7.11 Å². The standard InChI is InChI=1S/C10H24OS2Si/c1-11-14(2,9-5-3-7-12)10-6-4-8-13/h12-13H,3-10H2,1-2H3. The Hall–Kier alpha value is 0.877. The van der Waals surface area contributed by atoms with Crippen LogP contribution in [0.5, 0.6) is 0 Å². The molecule has 0 amide bonds. The van der Waals surface area contributed by atoms with E-state index in [9.17, 15) is 0 Å². The average Bonchev–Trinajstić information content (AvgIpc) is 2.19. The fourth-order valence-electron chi connectivity index (χ4n) is 1.55. The molecule has 0 N–H and O–H groups in total. The van der Waals surface area contributed by atoms with E-state index in [-0.39, 0.29) is 0 Å². The summed E-state index contributed by atoms with van der Waals surface area (Å²) in [5, 5.41) is 0. The first-order valence-electron chi connectivity index (χ1n) is 5.45. The van der Waals surface area contributed by atoms with E-state index in [0.29, 0.717) is 0 Å². The zero-order chi connectivity index (χ0) is 10.9. The van der Waals surface area contributed by atoms with Crippen molar-refractivity contribution >= 4 is 33.6 Å². The van der Waals surface area contributed by atoms with E-state index in [1.807, 2.05) is 7.11 Å². The smallest absolute Gasteiger partial charge is 0.189 e. The second-order valence-electron chi connectivity index (χ2n) is 4.02. The molecule has 0 saturated heterocycles. The molecule has 0 radical (unpaired) electrons. The van der Waals surface area contributed by atoms with Gasteiger partial charge in [-0.15, -0.1) is 0 Å². The third kappa shape index (κ3) is 7.21. The average molecular weight is 253 g/mol. The number of hydrogen-bond acceptors (Lipinski definition) is 3. The molecule has 0 aromatic heterocycles. The normalized spacial score (nSPS) is 12.0. The summed E-state index contributed by atoms with van der Waals surface area (Å²) in [6, 6.07) is 2.58. The van der Waals surface area contributed by atoms with Gasteiger partial charge in [-0.1, -0.05) is 12.8 Å². The topological polar surface area (TPSA) is 9.23 Å². The maximum Gasteiger partial charge on any atom is 0.189 e. The number of hydrogen-bond donors (Lipinski definition) is 2. The van der Waals surface area contributed by atoms with Crippen LogP contribution >= 0.6 is 25.3 Å². The summed E-state index contributed by atoms with van der Waals surface area (Å²) in [6.45, 7) is 2.35. The maximum absolute atomic E-state index is 5.72. The third-order valence-corrected chi connectivity index (χ3v) is 7.16. The van der Waals surface area contributed by atoms with Crippen LogP contribution in [0.1, 0.15) is 25.7 Å². The van der Waals surface area contributed by atoms with Crippen LogP contribution in [0.25, 0.3) is 0 Å². The van der Waals surface area contributed by atoms with Gasteiger partial charge >= 0.3 is 0 Å². The van der Waals surface area contributed by atoms with Crippen LogP contribution in [0.2, 0.25) is 18.6 Å². The Bertz CT molecular complexity index is 123. The van der Waals surface area contributed by atoms with Crippen molar-refractivity contribution in [3.05, 3.63) is 0 Å². The Morgan fingerprint density at radius 1 is 0.929 bits per heavy atom. The lowest BCUT2D eigenvalue weighted by molar-refractivity contribution is 0.392. The molecule has 0 aliphatic rings. The van der Waals surface area contributed by atoms with E-state index in [1.54, 1.807) is 0 Å². The lowest BCUT2D eigenvalue weighted by atomic mass is 10.4. The van der Waals surface area contributed by atoms with Gasteiger partial charge in [-0.3, -0.25) is 0 Å². The van der Waals surface area contributed by atoms with E-state index >= 15 is 0 Å². The van der Waals surface area contributed by atoms with Crippen LogP contribution in [0.15, 0.2) is 0 Å². The summed E-state index contributed by atoms with van der Waals surface area (Å²) in [6.07, 6.45) is 5.01. The van der Waals surface area contributed by atoms with E-state index < -0.39 is 8.32 Å². The Kier molecular flexibility index (Phi) is 9.70. The Labute approximate surface area is 101 Å². The highest BCUT2D eigenvalue weighted by atomic mass is 32.1. The van der Waals surface area contributed by atoms with Crippen LogP contribution in [-0.4, -0.2) is 26.9 Å². The zero-order valence-corrected chi connectivity index (χ0v) is 12.2. The van der Waals surface area contributed by atoms with Crippen molar-refractivity contribution in [3.63, 3.8) is 0 Å². The minimum atomic E-state index is -1.37. The summed E-state index contributed by atoms with van der Waals surface area (Å²) in [4.78, 5) is 0. The van der Waals surface area contributed by atoms with Gasteiger partial charge in [-0.2, -0.15) is 25.3 Å². The number of thiol groups is 2. The summed E-state index contributed by atoms with van der Waals surface area (Å²) < 4.78 is 5.72. The van der Waals surface area contributed by atoms with Crippen molar-refractivity contribution in [1.82, 2.24) is 0 Å². The molecule has 0 rings (SSSR count). The van der Waals surface area contributed by atoms with E-state index in [2.05, 4.69) is 31.8 Å². The molecule has 0 aromatic rings. The van der Waals surface area contributed by atoms with Crippen molar-refractivity contribution in [1.29, 1.82) is 0 Å². The van der Waals surface area contributed by atoms with E-state index in [0.717, 1.165) is 11.5 Å². The molecule has 0 fully saturated rings. The summed E-state index contributed by atoms with van der Waals surface area (Å²) >= 11 is 8.46. The molecule has 0 aliphatic heterocycles. The highest BCUT2D eigenvalue weighted by Crippen LogP contribution is 2.22. The molecule has 14 heavy (non-hydrogen) atoms. The molecule has 86 valence electrons.